The van der Waals surface area contributed by atoms with Crippen LogP contribution in [-0.2, 0) is 16.4 Å². The molecule has 1 aliphatic rings. The lowest BCUT2D eigenvalue weighted by Gasteiger charge is -2.13. The minimum absolute atomic E-state index is 0.0331. The number of benzene rings is 1. The number of carbonyl (C=O) groups is 1. The fraction of sp³-hybridized carbons (Fsp3) is 0.267. The van der Waals surface area contributed by atoms with Gasteiger partial charge >= 0.3 is 0 Å². The number of ether oxygens (including phenoxy) is 3. The van der Waals surface area contributed by atoms with Gasteiger partial charge in [-0.15, -0.1) is 11.3 Å². The molecule has 0 aliphatic carbocycles. The number of hydrogen-bond donors (Lipinski definition) is 1. The van der Waals surface area contributed by atoms with Gasteiger partial charge in [-0.05, 0) is 18.4 Å². The van der Waals surface area contributed by atoms with E-state index in [1.165, 1.54) is 18.6 Å². The van der Waals surface area contributed by atoms with Crippen LogP contribution < -0.4 is 19.3 Å². The summed E-state index contributed by atoms with van der Waals surface area (Å²) in [6.07, 6.45) is -0.0331. The van der Waals surface area contributed by atoms with E-state index in [9.17, 15) is 13.2 Å². The van der Waals surface area contributed by atoms with Crippen molar-refractivity contribution < 1.29 is 27.4 Å². The second kappa shape index (κ2) is 6.08. The number of primary sulfonamides is 1. The van der Waals surface area contributed by atoms with Crippen molar-refractivity contribution in [3.63, 3.8) is 0 Å². The highest BCUT2D eigenvalue weighted by atomic mass is 32.2. The van der Waals surface area contributed by atoms with Gasteiger partial charge in [0.2, 0.25) is 16.8 Å². The van der Waals surface area contributed by atoms with Gasteiger partial charge in [-0.25, -0.2) is 13.6 Å². The second-order valence-corrected chi connectivity index (χ2v) is 7.62. The predicted octanol–water partition coefficient (Wildman–Crippen LogP) is 1.87. The molecular formula is C15H15NO6S2. The molecule has 0 amide bonds. The first kappa shape index (κ1) is 16.7. The van der Waals surface area contributed by atoms with Crippen molar-refractivity contribution in [2.75, 3.05) is 13.9 Å². The van der Waals surface area contributed by atoms with E-state index in [0.29, 0.717) is 22.8 Å². The van der Waals surface area contributed by atoms with Gasteiger partial charge < -0.3 is 14.2 Å². The number of thiophene rings is 1. The van der Waals surface area contributed by atoms with E-state index >= 15 is 0 Å². The highest BCUT2D eigenvalue weighted by Gasteiger charge is 2.26. The van der Waals surface area contributed by atoms with Gasteiger partial charge in [-0.3, -0.25) is 4.79 Å². The third-order valence-corrected chi connectivity index (χ3v) is 5.78. The minimum Gasteiger partial charge on any atom is -0.496 e. The number of fused-ring (bicyclic) bond motifs is 1. The van der Waals surface area contributed by atoms with E-state index in [2.05, 4.69) is 0 Å². The molecule has 2 aromatic rings. The summed E-state index contributed by atoms with van der Waals surface area (Å²) in [7, 11) is -2.46. The largest absolute Gasteiger partial charge is 0.496 e. The molecule has 1 aromatic carbocycles. The van der Waals surface area contributed by atoms with Crippen LogP contribution >= 0.6 is 11.3 Å². The molecule has 2 N–H and O–H groups in total. The van der Waals surface area contributed by atoms with Crippen LogP contribution in [0.4, 0.5) is 0 Å². The quantitative estimate of drug-likeness (QED) is 0.807. The van der Waals surface area contributed by atoms with Crippen molar-refractivity contribution in [1.82, 2.24) is 0 Å². The fourth-order valence-electron chi connectivity index (χ4n) is 2.58. The Balaban J connectivity index is 2.01. The van der Waals surface area contributed by atoms with Crippen LogP contribution in [-0.4, -0.2) is 28.1 Å². The van der Waals surface area contributed by atoms with Crippen LogP contribution in [0.15, 0.2) is 22.4 Å². The first-order valence-electron chi connectivity index (χ1n) is 6.92. The number of sulfonamides is 1. The van der Waals surface area contributed by atoms with Crippen molar-refractivity contribution in [2.45, 2.75) is 18.2 Å². The number of Topliss-reactive ketones (excluding diaryl/α,β-unsaturated/α-hetero) is 1. The van der Waals surface area contributed by atoms with Gasteiger partial charge in [0.1, 0.15) is 10.6 Å². The van der Waals surface area contributed by atoms with Gasteiger partial charge in [-0.2, -0.15) is 0 Å². The minimum atomic E-state index is -3.95. The van der Waals surface area contributed by atoms with Crippen molar-refractivity contribution >= 4 is 27.1 Å². The fourth-order valence-corrected chi connectivity index (χ4v) is 4.52. The average Bonchev–Trinajstić information content (AvgIpc) is 3.17. The standard InChI is InChI=1S/C15H15NO6S2/c1-8-9(11(20-2)6-12-14(8)22-7-21-12)5-10(17)15-13(3-4-23-15)24(16,18)19/h3-4,6H,5,7H2,1-2H3,(H2,16,18,19). The maximum absolute atomic E-state index is 12.6. The third-order valence-electron chi connectivity index (χ3n) is 3.74. The van der Waals surface area contributed by atoms with Crippen LogP contribution in [0.1, 0.15) is 20.8 Å². The van der Waals surface area contributed by atoms with Crippen LogP contribution in [0.5, 0.6) is 17.2 Å². The van der Waals surface area contributed by atoms with Crippen LogP contribution in [0.25, 0.3) is 0 Å². The van der Waals surface area contributed by atoms with Gasteiger partial charge in [0, 0.05) is 23.6 Å². The zero-order valence-electron chi connectivity index (χ0n) is 13.0. The highest BCUT2D eigenvalue weighted by Crippen LogP contribution is 2.42. The van der Waals surface area contributed by atoms with Gasteiger partial charge in [0.05, 0.1) is 12.0 Å². The summed E-state index contributed by atoms with van der Waals surface area (Å²) >= 11 is 1.04. The summed E-state index contributed by atoms with van der Waals surface area (Å²) in [6.45, 7) is 1.91. The average molecular weight is 369 g/mol. The van der Waals surface area contributed by atoms with E-state index in [0.717, 1.165) is 16.9 Å². The molecule has 0 saturated heterocycles. The smallest absolute Gasteiger partial charge is 0.239 e. The summed E-state index contributed by atoms with van der Waals surface area (Å²) in [6, 6.07) is 2.99. The molecule has 3 rings (SSSR count). The lowest BCUT2D eigenvalue weighted by atomic mass is 10.00. The number of rotatable bonds is 5. The van der Waals surface area contributed by atoms with E-state index < -0.39 is 10.0 Å². The predicted molar refractivity (Wildman–Crippen MR) is 87.6 cm³/mol. The van der Waals surface area contributed by atoms with E-state index in [1.54, 1.807) is 13.0 Å². The Hall–Kier alpha value is -2.10. The molecule has 0 radical (unpaired) electrons. The number of nitrogens with two attached hydrogens (primary N) is 1. The summed E-state index contributed by atoms with van der Waals surface area (Å²) < 4.78 is 39.3. The molecule has 0 spiro atoms. The molecule has 9 heteroatoms. The Labute approximate surface area is 143 Å². The zero-order valence-corrected chi connectivity index (χ0v) is 14.6. The molecule has 2 heterocycles. The summed E-state index contributed by atoms with van der Waals surface area (Å²) in [4.78, 5) is 12.6. The topological polar surface area (TPSA) is 105 Å². The molecule has 1 aromatic heterocycles. The molecule has 128 valence electrons. The molecule has 0 bridgehead atoms. The van der Waals surface area contributed by atoms with Crippen molar-refractivity contribution in [3.05, 3.63) is 33.5 Å². The number of methoxy groups -OCH3 is 1. The number of ketones is 1. The first-order chi connectivity index (χ1) is 11.3. The van der Waals surface area contributed by atoms with Gasteiger partial charge in [0.15, 0.2) is 17.3 Å². The van der Waals surface area contributed by atoms with Gasteiger partial charge in [0.25, 0.3) is 0 Å². The molecule has 0 fully saturated rings. The maximum atomic E-state index is 12.6. The molecule has 7 nitrogen and oxygen atoms in total. The van der Waals surface area contributed by atoms with Crippen LogP contribution in [0.3, 0.4) is 0 Å². The Morgan fingerprint density at radius 3 is 2.83 bits per heavy atom. The van der Waals surface area contributed by atoms with E-state index in [-0.39, 0.29) is 28.8 Å². The van der Waals surface area contributed by atoms with Crippen molar-refractivity contribution in [2.24, 2.45) is 5.14 Å². The second-order valence-electron chi connectivity index (χ2n) is 5.18. The SMILES string of the molecule is COc1cc2c(c(C)c1CC(=O)c1sccc1S(N)(=O)=O)OCO2. The Morgan fingerprint density at radius 1 is 1.42 bits per heavy atom. The number of hydrogen-bond acceptors (Lipinski definition) is 7. The van der Waals surface area contributed by atoms with Gasteiger partial charge in [-0.1, -0.05) is 0 Å². The third kappa shape index (κ3) is 2.85. The lowest BCUT2D eigenvalue weighted by Crippen LogP contribution is -2.16. The summed E-state index contributed by atoms with van der Waals surface area (Å²) in [5.74, 6) is 1.26. The maximum Gasteiger partial charge on any atom is 0.239 e. The van der Waals surface area contributed by atoms with Crippen molar-refractivity contribution in [1.29, 1.82) is 0 Å². The summed E-state index contributed by atoms with van der Waals surface area (Å²) in [5.41, 5.74) is 1.35. The number of carbonyl (C=O) groups excluding carboxylic acids is 1. The molecule has 24 heavy (non-hydrogen) atoms. The Bertz CT molecular complexity index is 916. The van der Waals surface area contributed by atoms with Crippen LogP contribution in [0.2, 0.25) is 0 Å². The van der Waals surface area contributed by atoms with Crippen LogP contribution in [0, 0.1) is 6.92 Å². The molecule has 0 unspecified atom stereocenters. The molecular weight excluding hydrogens is 354 g/mol. The zero-order chi connectivity index (χ0) is 17.5. The molecule has 0 saturated carbocycles. The summed E-state index contributed by atoms with van der Waals surface area (Å²) in [5, 5.41) is 6.68. The molecule has 0 atom stereocenters. The Kier molecular flexibility index (Phi) is 4.24. The van der Waals surface area contributed by atoms with E-state index in [1.807, 2.05) is 0 Å². The first-order valence-corrected chi connectivity index (χ1v) is 9.35. The normalized spacial score (nSPS) is 13.1. The highest BCUT2D eigenvalue weighted by molar-refractivity contribution is 7.89. The lowest BCUT2D eigenvalue weighted by molar-refractivity contribution is 0.0993. The van der Waals surface area contributed by atoms with Crippen molar-refractivity contribution in [3.8, 4) is 17.2 Å². The monoisotopic (exact) mass is 369 g/mol. The Morgan fingerprint density at radius 2 is 2.17 bits per heavy atom. The molecule has 1 aliphatic heterocycles. The van der Waals surface area contributed by atoms with E-state index in [4.69, 9.17) is 19.3 Å².